The van der Waals surface area contributed by atoms with Crippen LogP contribution in [-0.4, -0.2) is 24.4 Å². The number of hydrogen-bond donors (Lipinski definition) is 1. The van der Waals surface area contributed by atoms with Crippen LogP contribution in [0.2, 0.25) is 0 Å². The summed E-state index contributed by atoms with van der Waals surface area (Å²) < 4.78 is 27.4. The van der Waals surface area contributed by atoms with Crippen molar-refractivity contribution in [3.8, 4) is 0 Å². The summed E-state index contributed by atoms with van der Waals surface area (Å²) in [6.07, 6.45) is 0.242. The molecule has 1 aliphatic heterocycles. The molecule has 0 aromatic heterocycles. The van der Waals surface area contributed by atoms with Gasteiger partial charge < -0.3 is 10.2 Å². The van der Waals surface area contributed by atoms with Crippen molar-refractivity contribution in [3.05, 3.63) is 65.7 Å². The first-order valence-electron chi connectivity index (χ1n) is 7.65. The van der Waals surface area contributed by atoms with Gasteiger partial charge in [0.25, 0.3) is 0 Å². The fraction of sp³-hybridized carbons (Fsp3) is 0.222. The van der Waals surface area contributed by atoms with Gasteiger partial charge in [-0.15, -0.1) is 0 Å². The normalized spacial score (nSPS) is 17.2. The highest BCUT2D eigenvalue weighted by Gasteiger charge is 2.34. The van der Waals surface area contributed by atoms with Gasteiger partial charge in [0.2, 0.25) is 11.8 Å². The molecule has 1 unspecified atom stereocenters. The summed E-state index contributed by atoms with van der Waals surface area (Å²) in [5.74, 6) is -1.74. The molecule has 0 aliphatic carbocycles. The molecule has 3 rings (SSSR count). The Morgan fingerprint density at radius 3 is 2.46 bits per heavy atom. The highest BCUT2D eigenvalue weighted by Crippen LogP contribution is 2.24. The molecule has 124 valence electrons. The summed E-state index contributed by atoms with van der Waals surface area (Å²) in [6.45, 7) is 0.324. The van der Waals surface area contributed by atoms with Crippen molar-refractivity contribution in [2.75, 3.05) is 11.4 Å². The molecule has 1 aliphatic rings. The number of anilines is 1. The van der Waals surface area contributed by atoms with Crippen LogP contribution in [-0.2, 0) is 16.0 Å². The third-order valence-electron chi connectivity index (χ3n) is 3.99. The lowest BCUT2D eigenvalue weighted by Crippen LogP contribution is -2.42. The standard InChI is InChI=1S/C18H16F2N2O2/c19-13-6-2-1-5-12(13)11-17(23)21-15-9-10-22(18(15)24)16-8-4-3-7-14(16)20/h1-8,15H,9-11H2,(H,21,23). The van der Waals surface area contributed by atoms with Gasteiger partial charge in [0, 0.05) is 6.54 Å². The Bertz CT molecular complexity index is 779. The minimum absolute atomic E-state index is 0.143. The topological polar surface area (TPSA) is 49.4 Å². The van der Waals surface area contributed by atoms with E-state index in [1.54, 1.807) is 24.3 Å². The number of nitrogens with zero attached hydrogens (tertiary/aromatic N) is 1. The average Bonchev–Trinajstić information content (AvgIpc) is 2.91. The third-order valence-corrected chi connectivity index (χ3v) is 3.99. The molecule has 0 radical (unpaired) electrons. The van der Waals surface area contributed by atoms with Crippen molar-refractivity contribution < 1.29 is 18.4 Å². The molecule has 0 saturated carbocycles. The van der Waals surface area contributed by atoms with Crippen LogP contribution >= 0.6 is 0 Å². The quantitative estimate of drug-likeness (QED) is 0.936. The van der Waals surface area contributed by atoms with E-state index in [1.165, 1.54) is 29.2 Å². The van der Waals surface area contributed by atoms with Crippen molar-refractivity contribution in [2.45, 2.75) is 18.9 Å². The second-order valence-electron chi connectivity index (χ2n) is 5.62. The minimum Gasteiger partial charge on any atom is -0.344 e. The third kappa shape index (κ3) is 3.27. The SMILES string of the molecule is O=C(Cc1ccccc1F)NC1CCN(c2ccccc2F)C1=O. The lowest BCUT2D eigenvalue weighted by Gasteiger charge is -2.17. The molecule has 0 spiro atoms. The molecule has 2 amide bonds. The smallest absolute Gasteiger partial charge is 0.249 e. The number of benzene rings is 2. The summed E-state index contributed by atoms with van der Waals surface area (Å²) >= 11 is 0. The van der Waals surface area contributed by atoms with Crippen LogP contribution in [0, 0.1) is 11.6 Å². The van der Waals surface area contributed by atoms with Gasteiger partial charge in [0.1, 0.15) is 17.7 Å². The van der Waals surface area contributed by atoms with E-state index < -0.39 is 23.6 Å². The average molecular weight is 330 g/mol. The van der Waals surface area contributed by atoms with Gasteiger partial charge in [-0.1, -0.05) is 30.3 Å². The molecule has 1 heterocycles. The molecule has 2 aromatic carbocycles. The van der Waals surface area contributed by atoms with Gasteiger partial charge >= 0.3 is 0 Å². The maximum atomic E-state index is 13.8. The first-order valence-corrected chi connectivity index (χ1v) is 7.65. The number of amides is 2. The lowest BCUT2D eigenvalue weighted by atomic mass is 10.1. The molecule has 2 aromatic rings. The first kappa shape index (κ1) is 16.1. The summed E-state index contributed by atoms with van der Waals surface area (Å²) in [4.78, 5) is 25.8. The number of hydrogen-bond acceptors (Lipinski definition) is 2. The van der Waals surface area contributed by atoms with Gasteiger partial charge in [-0.05, 0) is 30.2 Å². The predicted molar refractivity (Wildman–Crippen MR) is 85.4 cm³/mol. The van der Waals surface area contributed by atoms with E-state index >= 15 is 0 Å². The zero-order valence-electron chi connectivity index (χ0n) is 12.8. The number of carbonyl (C=O) groups excluding carboxylic acids is 2. The molecule has 24 heavy (non-hydrogen) atoms. The Morgan fingerprint density at radius 1 is 1.08 bits per heavy atom. The fourth-order valence-electron chi connectivity index (χ4n) is 2.78. The molecular formula is C18H16F2N2O2. The summed E-state index contributed by atoms with van der Waals surface area (Å²) in [5, 5.41) is 2.60. The Hall–Kier alpha value is -2.76. The minimum atomic E-state index is -0.719. The molecule has 0 bridgehead atoms. The van der Waals surface area contributed by atoms with Crippen molar-refractivity contribution in [2.24, 2.45) is 0 Å². The van der Waals surface area contributed by atoms with Gasteiger partial charge in [0.05, 0.1) is 12.1 Å². The maximum Gasteiger partial charge on any atom is 0.249 e. The van der Waals surface area contributed by atoms with Gasteiger partial charge in [-0.2, -0.15) is 0 Å². The second-order valence-corrected chi connectivity index (χ2v) is 5.62. The predicted octanol–water partition coefficient (Wildman–Crippen LogP) is 2.43. The maximum absolute atomic E-state index is 13.8. The fourth-order valence-corrected chi connectivity index (χ4v) is 2.78. The number of para-hydroxylation sites is 1. The van der Waals surface area contributed by atoms with Crippen LogP contribution < -0.4 is 10.2 Å². The molecule has 1 saturated heterocycles. The number of halogens is 2. The largest absolute Gasteiger partial charge is 0.344 e. The highest BCUT2D eigenvalue weighted by atomic mass is 19.1. The van der Waals surface area contributed by atoms with Crippen molar-refractivity contribution in [1.82, 2.24) is 5.32 Å². The summed E-state index contributed by atoms with van der Waals surface area (Å²) in [7, 11) is 0. The Balaban J connectivity index is 1.65. The Kier molecular flexibility index (Phi) is 4.55. The summed E-state index contributed by atoms with van der Waals surface area (Å²) in [6, 6.07) is 11.3. The van der Waals surface area contributed by atoms with Gasteiger partial charge in [0.15, 0.2) is 0 Å². The summed E-state index contributed by atoms with van der Waals surface area (Å²) in [5.41, 5.74) is 0.472. The van der Waals surface area contributed by atoms with E-state index in [0.717, 1.165) is 0 Å². The monoisotopic (exact) mass is 330 g/mol. The zero-order chi connectivity index (χ0) is 17.1. The van der Waals surface area contributed by atoms with E-state index in [9.17, 15) is 18.4 Å². The van der Waals surface area contributed by atoms with E-state index in [4.69, 9.17) is 0 Å². The Labute approximate surface area is 138 Å². The van der Waals surface area contributed by atoms with Crippen molar-refractivity contribution >= 4 is 17.5 Å². The molecule has 6 heteroatoms. The van der Waals surface area contributed by atoms with Gasteiger partial charge in [-0.25, -0.2) is 8.78 Å². The van der Waals surface area contributed by atoms with Crippen molar-refractivity contribution in [1.29, 1.82) is 0 Å². The highest BCUT2D eigenvalue weighted by molar-refractivity contribution is 6.01. The van der Waals surface area contributed by atoms with Crippen LogP contribution in [0.1, 0.15) is 12.0 Å². The van der Waals surface area contributed by atoms with Crippen LogP contribution in [0.25, 0.3) is 0 Å². The molecule has 1 N–H and O–H groups in total. The molecule has 1 atom stereocenters. The number of rotatable bonds is 4. The molecular weight excluding hydrogens is 314 g/mol. The number of nitrogens with one attached hydrogen (secondary N) is 1. The van der Waals surface area contributed by atoms with E-state index in [1.807, 2.05) is 0 Å². The van der Waals surface area contributed by atoms with Crippen LogP contribution in [0.5, 0.6) is 0 Å². The van der Waals surface area contributed by atoms with Crippen LogP contribution in [0.3, 0.4) is 0 Å². The first-order chi connectivity index (χ1) is 11.6. The van der Waals surface area contributed by atoms with Crippen LogP contribution in [0.4, 0.5) is 14.5 Å². The lowest BCUT2D eigenvalue weighted by molar-refractivity contribution is -0.126. The van der Waals surface area contributed by atoms with E-state index in [-0.39, 0.29) is 23.6 Å². The Morgan fingerprint density at radius 2 is 1.75 bits per heavy atom. The second kappa shape index (κ2) is 6.78. The van der Waals surface area contributed by atoms with E-state index in [2.05, 4.69) is 5.32 Å². The van der Waals surface area contributed by atoms with E-state index in [0.29, 0.717) is 13.0 Å². The van der Waals surface area contributed by atoms with Crippen LogP contribution in [0.15, 0.2) is 48.5 Å². The van der Waals surface area contributed by atoms with Crippen molar-refractivity contribution in [3.63, 3.8) is 0 Å². The molecule has 1 fully saturated rings. The molecule has 4 nitrogen and oxygen atoms in total. The number of carbonyl (C=O) groups is 2. The zero-order valence-corrected chi connectivity index (χ0v) is 12.8. The van der Waals surface area contributed by atoms with Gasteiger partial charge in [-0.3, -0.25) is 9.59 Å².